The van der Waals surface area contributed by atoms with Crippen LogP contribution in [-0.2, 0) is 0 Å². The summed E-state index contributed by atoms with van der Waals surface area (Å²) in [5, 5.41) is 9.31. The fourth-order valence-corrected chi connectivity index (χ4v) is 2.26. The van der Waals surface area contributed by atoms with Crippen LogP contribution in [0.1, 0.15) is 11.1 Å². The molecular weight excluding hydrogens is 270 g/mol. The molecule has 4 N–H and O–H groups in total. The molecule has 2 rings (SSSR count). The Kier molecular flexibility index (Phi) is 4.63. The van der Waals surface area contributed by atoms with Crippen LogP contribution in [0.5, 0.6) is 0 Å². The van der Waals surface area contributed by atoms with Crippen LogP contribution < -0.4 is 11.5 Å². The van der Waals surface area contributed by atoms with Gasteiger partial charge in [-0.15, -0.1) is 22.6 Å². The molecule has 0 unspecified atom stereocenters. The maximum atomic E-state index is 5.29. The maximum Gasteiger partial charge on any atom is 0.235 e. The summed E-state index contributed by atoms with van der Waals surface area (Å²) in [5.41, 5.74) is 14.0. The average Bonchev–Trinajstić information content (AvgIpc) is 2.69. The molecule has 5 nitrogen and oxygen atoms in total. The average molecular weight is 284 g/mol. The van der Waals surface area contributed by atoms with Gasteiger partial charge in [0.25, 0.3) is 0 Å². The summed E-state index contributed by atoms with van der Waals surface area (Å²) in [5.74, 6) is -0.00587. The predicted molar refractivity (Wildman–Crippen MR) is 77.5 cm³/mol. The molecular formula is C11H14ClN5S. The minimum absolute atomic E-state index is 0. The Labute approximate surface area is 115 Å². The van der Waals surface area contributed by atoms with Crippen LogP contribution in [0.2, 0.25) is 0 Å². The lowest BCUT2D eigenvalue weighted by atomic mass is 10.1. The topological polar surface area (TPSA) is 90.2 Å². The lowest BCUT2D eigenvalue weighted by Crippen LogP contribution is -2.21. The summed E-state index contributed by atoms with van der Waals surface area (Å²) in [4.78, 5) is 3.87. The molecule has 1 aromatic heterocycles. The summed E-state index contributed by atoms with van der Waals surface area (Å²) in [6.07, 6.45) is 0. The fraction of sp³-hybridized carbons (Fsp3) is 0.182. The number of hydrogen-bond donors (Lipinski definition) is 2. The summed E-state index contributed by atoms with van der Waals surface area (Å²) < 4.78 is 0. The molecule has 0 fully saturated rings. The highest BCUT2D eigenvalue weighted by Gasteiger charge is 2.08. The van der Waals surface area contributed by atoms with Crippen molar-refractivity contribution in [2.45, 2.75) is 13.8 Å². The van der Waals surface area contributed by atoms with Crippen molar-refractivity contribution in [1.29, 1.82) is 0 Å². The minimum atomic E-state index is -0.00587. The van der Waals surface area contributed by atoms with Gasteiger partial charge in [-0.3, -0.25) is 0 Å². The van der Waals surface area contributed by atoms with Crippen LogP contribution in [0.3, 0.4) is 0 Å². The van der Waals surface area contributed by atoms with Gasteiger partial charge in [0.05, 0.1) is 0 Å². The van der Waals surface area contributed by atoms with Crippen molar-refractivity contribution in [3.05, 3.63) is 29.3 Å². The zero-order valence-electron chi connectivity index (χ0n) is 10.0. The van der Waals surface area contributed by atoms with Crippen LogP contribution in [0.15, 0.2) is 23.2 Å². The Balaban J connectivity index is 0.00000162. The Morgan fingerprint density at radius 3 is 2.61 bits per heavy atom. The number of hydrogen-bond acceptors (Lipinski definition) is 4. The van der Waals surface area contributed by atoms with E-state index in [0.29, 0.717) is 5.13 Å². The Bertz CT molecular complexity index is 575. The standard InChI is InChI=1S/C11H13N5S.ClH/c1-6-3-4-7(2)8(5-6)9-15-16-11(17-9)14-10(12)13;/h3-5H,1-2H3,(H4,12,13,14,16);1H. The van der Waals surface area contributed by atoms with Crippen molar-refractivity contribution in [1.82, 2.24) is 10.2 Å². The van der Waals surface area contributed by atoms with Gasteiger partial charge in [-0.25, -0.2) is 0 Å². The first kappa shape index (κ1) is 14.4. The minimum Gasteiger partial charge on any atom is -0.370 e. The van der Waals surface area contributed by atoms with Crippen LogP contribution in [0.25, 0.3) is 10.6 Å². The summed E-state index contributed by atoms with van der Waals surface area (Å²) >= 11 is 1.37. The normalized spacial score (nSPS) is 9.67. The van der Waals surface area contributed by atoms with Gasteiger partial charge >= 0.3 is 0 Å². The third kappa shape index (κ3) is 3.18. The van der Waals surface area contributed by atoms with Gasteiger partial charge in [0.1, 0.15) is 5.01 Å². The van der Waals surface area contributed by atoms with E-state index in [1.54, 1.807) is 0 Å². The highest BCUT2D eigenvalue weighted by atomic mass is 35.5. The predicted octanol–water partition coefficient (Wildman–Crippen LogP) is 2.15. The van der Waals surface area contributed by atoms with Gasteiger partial charge in [0, 0.05) is 5.56 Å². The molecule has 0 saturated heterocycles. The molecule has 0 spiro atoms. The first-order valence-corrected chi connectivity index (χ1v) is 5.88. The van der Waals surface area contributed by atoms with Gasteiger partial charge < -0.3 is 11.5 Å². The molecule has 0 aliphatic carbocycles. The van der Waals surface area contributed by atoms with Gasteiger partial charge in [-0.1, -0.05) is 29.0 Å². The smallest absolute Gasteiger partial charge is 0.235 e. The molecule has 7 heteroatoms. The van der Waals surface area contributed by atoms with Crippen molar-refractivity contribution in [3.63, 3.8) is 0 Å². The zero-order chi connectivity index (χ0) is 12.4. The Hall–Kier alpha value is -1.66. The largest absolute Gasteiger partial charge is 0.370 e. The van der Waals surface area contributed by atoms with E-state index in [4.69, 9.17) is 11.5 Å². The number of aromatic nitrogens is 2. The summed E-state index contributed by atoms with van der Waals surface area (Å²) in [6.45, 7) is 4.08. The van der Waals surface area contributed by atoms with E-state index >= 15 is 0 Å². The number of aliphatic imine (C=N–C) groups is 1. The highest BCUT2D eigenvalue weighted by Crippen LogP contribution is 2.30. The number of benzene rings is 1. The van der Waals surface area contributed by atoms with E-state index in [1.807, 2.05) is 13.8 Å². The fourth-order valence-electron chi connectivity index (χ4n) is 1.45. The van der Waals surface area contributed by atoms with Crippen molar-refractivity contribution in [3.8, 4) is 10.6 Å². The van der Waals surface area contributed by atoms with Crippen molar-refractivity contribution < 1.29 is 0 Å². The Morgan fingerprint density at radius 1 is 1.22 bits per heavy atom. The van der Waals surface area contributed by atoms with Crippen molar-refractivity contribution in [2.75, 3.05) is 0 Å². The number of aryl methyl sites for hydroxylation is 2. The monoisotopic (exact) mass is 283 g/mol. The number of guanidine groups is 1. The quantitative estimate of drug-likeness (QED) is 0.653. The van der Waals surface area contributed by atoms with E-state index in [1.165, 1.54) is 16.9 Å². The van der Waals surface area contributed by atoms with E-state index in [0.717, 1.165) is 16.1 Å². The molecule has 0 bridgehead atoms. The first-order valence-electron chi connectivity index (χ1n) is 5.07. The second kappa shape index (κ2) is 5.79. The zero-order valence-corrected chi connectivity index (χ0v) is 11.7. The van der Waals surface area contributed by atoms with E-state index in [-0.39, 0.29) is 18.4 Å². The molecule has 0 amide bonds. The van der Waals surface area contributed by atoms with Crippen molar-refractivity contribution in [2.24, 2.45) is 16.5 Å². The van der Waals surface area contributed by atoms with E-state index < -0.39 is 0 Å². The lowest BCUT2D eigenvalue weighted by Gasteiger charge is -2.02. The van der Waals surface area contributed by atoms with Crippen molar-refractivity contribution >= 4 is 34.8 Å². The molecule has 0 aliphatic heterocycles. The van der Waals surface area contributed by atoms with Gasteiger partial charge in [0.2, 0.25) is 5.13 Å². The lowest BCUT2D eigenvalue weighted by molar-refractivity contribution is 1.08. The molecule has 0 atom stereocenters. The third-order valence-corrected chi connectivity index (χ3v) is 3.11. The van der Waals surface area contributed by atoms with Gasteiger partial charge in [-0.2, -0.15) is 4.99 Å². The molecule has 1 aromatic carbocycles. The van der Waals surface area contributed by atoms with Crippen LogP contribution in [-0.4, -0.2) is 16.2 Å². The molecule has 18 heavy (non-hydrogen) atoms. The number of nitrogens with zero attached hydrogens (tertiary/aromatic N) is 3. The third-order valence-electron chi connectivity index (χ3n) is 2.26. The SMILES string of the molecule is Cc1ccc(C)c(-c2nnc(N=C(N)N)s2)c1.Cl. The van der Waals surface area contributed by atoms with E-state index in [2.05, 4.69) is 33.4 Å². The first-order chi connectivity index (χ1) is 8.06. The second-order valence-electron chi connectivity index (χ2n) is 3.74. The highest BCUT2D eigenvalue weighted by molar-refractivity contribution is 7.18. The molecule has 0 saturated carbocycles. The molecule has 2 aromatic rings. The second-order valence-corrected chi connectivity index (χ2v) is 4.70. The van der Waals surface area contributed by atoms with Crippen LogP contribution >= 0.6 is 23.7 Å². The maximum absolute atomic E-state index is 5.29. The van der Waals surface area contributed by atoms with Gasteiger partial charge in [-0.05, 0) is 25.5 Å². The molecule has 0 radical (unpaired) electrons. The molecule has 1 heterocycles. The number of nitrogens with two attached hydrogens (primary N) is 2. The summed E-state index contributed by atoms with van der Waals surface area (Å²) in [7, 11) is 0. The number of rotatable bonds is 2. The molecule has 96 valence electrons. The van der Waals surface area contributed by atoms with Crippen LogP contribution in [0.4, 0.5) is 5.13 Å². The number of halogens is 1. The summed E-state index contributed by atoms with van der Waals surface area (Å²) in [6, 6.07) is 6.21. The van der Waals surface area contributed by atoms with Gasteiger partial charge in [0.15, 0.2) is 5.96 Å². The molecule has 0 aliphatic rings. The van der Waals surface area contributed by atoms with E-state index in [9.17, 15) is 0 Å². The Morgan fingerprint density at radius 2 is 1.94 bits per heavy atom. The van der Waals surface area contributed by atoms with Crippen LogP contribution in [0, 0.1) is 13.8 Å².